The number of nitrogens with zero attached hydrogens (tertiary/aromatic N) is 4. The second kappa shape index (κ2) is 8.99. The second-order valence-corrected chi connectivity index (χ2v) is 8.45. The third-order valence-corrected chi connectivity index (χ3v) is 5.92. The molecule has 0 amide bonds. The van der Waals surface area contributed by atoms with Gasteiger partial charge in [-0.1, -0.05) is 16.8 Å². The number of methoxy groups -OCH3 is 1. The molecule has 9 nitrogen and oxygen atoms in total. The van der Waals surface area contributed by atoms with Crippen molar-refractivity contribution in [2.45, 2.75) is 56.5 Å². The van der Waals surface area contributed by atoms with Crippen LogP contribution in [-0.2, 0) is 18.9 Å². The van der Waals surface area contributed by atoms with Gasteiger partial charge in [-0.3, -0.25) is 0 Å². The van der Waals surface area contributed by atoms with Crippen molar-refractivity contribution in [2.24, 2.45) is 5.16 Å². The van der Waals surface area contributed by atoms with E-state index < -0.39 is 52.9 Å². The summed E-state index contributed by atoms with van der Waals surface area (Å²) < 4.78 is 53.2. The third-order valence-electron chi connectivity index (χ3n) is 5.56. The Kier molecular flexibility index (Phi) is 6.46. The molecule has 2 aliphatic rings. The predicted molar refractivity (Wildman–Crippen MR) is 109 cm³/mol. The number of ether oxygens (including phenoxy) is 4. The van der Waals surface area contributed by atoms with Gasteiger partial charge in [0.15, 0.2) is 5.79 Å². The van der Waals surface area contributed by atoms with Gasteiger partial charge in [-0.25, -0.2) is 13.5 Å². The van der Waals surface area contributed by atoms with Gasteiger partial charge in [0.25, 0.3) is 0 Å². The van der Waals surface area contributed by atoms with Crippen molar-refractivity contribution in [3.8, 4) is 11.3 Å². The zero-order valence-corrected chi connectivity index (χ0v) is 18.4. The first kappa shape index (κ1) is 23.0. The molecule has 0 bridgehead atoms. The lowest BCUT2D eigenvalue weighted by molar-refractivity contribution is -0.349. The fourth-order valence-electron chi connectivity index (χ4n) is 4.12. The zero-order valence-electron chi connectivity index (χ0n) is 17.6. The highest BCUT2D eigenvalue weighted by Gasteiger charge is 2.52. The Morgan fingerprint density at radius 2 is 2.09 bits per heavy atom. The number of aromatic nitrogens is 3. The summed E-state index contributed by atoms with van der Waals surface area (Å²) in [6.07, 6.45) is 1.13. The summed E-state index contributed by atoms with van der Waals surface area (Å²) in [4.78, 5) is 0. The van der Waals surface area contributed by atoms with Gasteiger partial charge in [-0.2, -0.15) is 0 Å². The van der Waals surface area contributed by atoms with Crippen LogP contribution in [0.5, 0.6) is 0 Å². The van der Waals surface area contributed by atoms with E-state index in [0.717, 1.165) is 12.1 Å². The number of benzene rings is 1. The number of rotatable bonds is 5. The smallest absolute Gasteiger partial charge is 0.163 e. The van der Waals surface area contributed by atoms with Gasteiger partial charge in [0.1, 0.15) is 46.7 Å². The van der Waals surface area contributed by atoms with Gasteiger partial charge in [0.05, 0.1) is 18.9 Å². The van der Waals surface area contributed by atoms with E-state index in [1.54, 1.807) is 24.7 Å². The monoisotopic (exact) mass is 472 g/mol. The van der Waals surface area contributed by atoms with Crippen molar-refractivity contribution in [1.29, 1.82) is 0 Å². The van der Waals surface area contributed by atoms with Gasteiger partial charge in [-0.15, -0.1) is 10.3 Å². The first-order chi connectivity index (χ1) is 15.2. The fraction of sp³-hybridized carbons (Fsp3) is 0.550. The Morgan fingerprint density at radius 3 is 2.75 bits per heavy atom. The molecule has 2 aromatic rings. The molecule has 4 rings (SSSR count). The van der Waals surface area contributed by atoms with Crippen LogP contribution in [-0.4, -0.2) is 70.3 Å². The van der Waals surface area contributed by atoms with Gasteiger partial charge < -0.3 is 24.2 Å². The molecule has 5 atom stereocenters. The summed E-state index contributed by atoms with van der Waals surface area (Å²) in [5.74, 6) is -2.66. The summed E-state index contributed by atoms with van der Waals surface area (Å²) >= 11 is 5.58. The number of halogens is 3. The second-order valence-electron chi connectivity index (χ2n) is 8.07. The summed E-state index contributed by atoms with van der Waals surface area (Å²) in [6.45, 7) is 3.85. The number of hydrogen-bond donors (Lipinski definition) is 1. The normalized spacial score (nSPS) is 29.9. The average Bonchev–Trinajstić information content (AvgIpc) is 3.24. The predicted octanol–water partition coefficient (Wildman–Crippen LogP) is 3.20. The Labute approximate surface area is 187 Å². The molecule has 0 spiro atoms. The van der Waals surface area contributed by atoms with Crippen LogP contribution in [0.2, 0.25) is 5.02 Å². The minimum Gasteiger partial charge on any atom is -0.411 e. The van der Waals surface area contributed by atoms with E-state index in [9.17, 15) is 8.78 Å². The van der Waals surface area contributed by atoms with Crippen LogP contribution in [0.1, 0.15) is 26.3 Å². The molecule has 2 aliphatic heterocycles. The summed E-state index contributed by atoms with van der Waals surface area (Å²) in [6, 6.07) is 1.67. The first-order valence-electron chi connectivity index (χ1n) is 9.96. The molecule has 0 aliphatic carbocycles. The van der Waals surface area contributed by atoms with E-state index in [0.29, 0.717) is 0 Å². The summed E-state index contributed by atoms with van der Waals surface area (Å²) in [5, 5.41) is 19.6. The van der Waals surface area contributed by atoms with Crippen molar-refractivity contribution < 1.29 is 32.9 Å². The Hall–Kier alpha value is -2.18. The SMILES string of the molecule is CO[C@@H]1[C@@H](n2cc(-c3cc(F)c(Cl)c(F)c3)nn2)[C@H]2OC(C)(C)OC[C@H]2O[C@@H]1CC=NO. The van der Waals surface area contributed by atoms with Crippen molar-refractivity contribution >= 4 is 17.8 Å². The van der Waals surface area contributed by atoms with Crippen LogP contribution in [0.3, 0.4) is 0 Å². The maximum Gasteiger partial charge on any atom is 0.163 e. The van der Waals surface area contributed by atoms with Crippen molar-refractivity contribution in [3.63, 3.8) is 0 Å². The maximum absolute atomic E-state index is 13.9. The maximum atomic E-state index is 13.9. The van der Waals surface area contributed by atoms with Crippen LogP contribution in [0, 0.1) is 11.6 Å². The van der Waals surface area contributed by atoms with Gasteiger partial charge in [-0.05, 0) is 26.0 Å². The highest BCUT2D eigenvalue weighted by Crippen LogP contribution is 2.40. The third kappa shape index (κ3) is 4.35. The van der Waals surface area contributed by atoms with E-state index in [1.807, 2.05) is 0 Å². The number of fused-ring (bicyclic) bond motifs is 1. The lowest BCUT2D eigenvalue weighted by Gasteiger charge is -2.50. The molecule has 0 unspecified atom stereocenters. The van der Waals surface area contributed by atoms with Crippen molar-refractivity contribution in [1.82, 2.24) is 15.0 Å². The van der Waals surface area contributed by atoms with Gasteiger partial charge in [0.2, 0.25) is 0 Å². The van der Waals surface area contributed by atoms with Crippen molar-refractivity contribution in [2.75, 3.05) is 13.7 Å². The van der Waals surface area contributed by atoms with Crippen LogP contribution in [0.25, 0.3) is 11.3 Å². The van der Waals surface area contributed by atoms with E-state index >= 15 is 0 Å². The first-order valence-corrected chi connectivity index (χ1v) is 10.3. The van der Waals surface area contributed by atoms with Crippen LogP contribution >= 0.6 is 11.6 Å². The highest BCUT2D eigenvalue weighted by molar-refractivity contribution is 6.30. The quantitative estimate of drug-likeness (QED) is 0.308. The summed E-state index contributed by atoms with van der Waals surface area (Å²) in [7, 11) is 1.52. The molecule has 2 fully saturated rings. The lowest BCUT2D eigenvalue weighted by Crippen LogP contribution is -2.62. The zero-order chi connectivity index (χ0) is 23.0. The minimum absolute atomic E-state index is 0.186. The molecular formula is C20H23ClF2N4O5. The van der Waals surface area contributed by atoms with E-state index in [-0.39, 0.29) is 24.3 Å². The van der Waals surface area contributed by atoms with Crippen LogP contribution in [0.4, 0.5) is 8.78 Å². The molecule has 2 saturated heterocycles. The van der Waals surface area contributed by atoms with Gasteiger partial charge >= 0.3 is 0 Å². The summed E-state index contributed by atoms with van der Waals surface area (Å²) in [5.41, 5.74) is 0.433. The van der Waals surface area contributed by atoms with E-state index in [1.165, 1.54) is 13.3 Å². The molecule has 0 radical (unpaired) electrons. The lowest BCUT2D eigenvalue weighted by atomic mass is 9.90. The van der Waals surface area contributed by atoms with Crippen LogP contribution in [0.15, 0.2) is 23.5 Å². The molecule has 1 aromatic carbocycles. The van der Waals surface area contributed by atoms with Crippen molar-refractivity contribution in [3.05, 3.63) is 35.0 Å². The Morgan fingerprint density at radius 1 is 1.38 bits per heavy atom. The van der Waals surface area contributed by atoms with Gasteiger partial charge in [0, 0.05) is 25.3 Å². The average molecular weight is 473 g/mol. The number of hydrogen-bond acceptors (Lipinski definition) is 8. The molecule has 3 heterocycles. The van der Waals surface area contributed by atoms with E-state index in [4.69, 9.17) is 35.8 Å². The largest absolute Gasteiger partial charge is 0.411 e. The highest BCUT2D eigenvalue weighted by atomic mass is 35.5. The Balaban J connectivity index is 1.72. The molecule has 174 valence electrons. The minimum atomic E-state index is -0.894. The Bertz CT molecular complexity index is 981. The molecule has 1 aromatic heterocycles. The topological polar surface area (TPSA) is 100 Å². The molecule has 1 N–H and O–H groups in total. The molecule has 12 heteroatoms. The van der Waals surface area contributed by atoms with E-state index in [2.05, 4.69) is 15.5 Å². The van der Waals surface area contributed by atoms with Crippen LogP contribution < -0.4 is 0 Å². The fourth-order valence-corrected chi connectivity index (χ4v) is 4.23. The molecular weight excluding hydrogens is 450 g/mol. The molecule has 32 heavy (non-hydrogen) atoms. The number of oxime groups is 1. The standard InChI is InChI=1S/C20H23ClF2N4O5/c1-20(2)30-9-15-19(32-20)17(18(29-3)14(31-15)4-5-24-28)27-8-13(25-26-27)10-6-11(22)16(21)12(23)7-10/h5-8,14-15,17-19,28H,4,9H2,1-3H3/t14-,15-,17-,18+,19+/m1/s1. The molecule has 0 saturated carbocycles.